The van der Waals surface area contributed by atoms with Crippen LogP contribution in [0.2, 0.25) is 0 Å². The summed E-state index contributed by atoms with van der Waals surface area (Å²) in [5, 5.41) is 18.2. The monoisotopic (exact) mass is 908 g/mol. The predicted octanol–water partition coefficient (Wildman–Crippen LogP) is 5.38. The van der Waals surface area contributed by atoms with Gasteiger partial charge >= 0.3 is 29.8 Å². The maximum absolute atomic E-state index is 12.3. The number of nitrogens with two attached hydrogens (primary N) is 1. The normalized spacial score (nSPS) is 14.8. The lowest BCUT2D eigenvalue weighted by Crippen LogP contribution is -2.45. The average Bonchev–Trinajstić information content (AvgIpc) is 3.76. The molecule has 4 heterocycles. The second-order valence-corrected chi connectivity index (χ2v) is 15.9. The number of nitrogens with zero attached hydrogens (tertiary/aromatic N) is 4. The van der Waals surface area contributed by atoms with Crippen molar-refractivity contribution < 1.29 is 57.6 Å². The molecule has 2 aliphatic heterocycles. The Kier molecular flexibility index (Phi) is 18.2. The molecule has 350 valence electrons. The lowest BCUT2D eigenvalue weighted by molar-refractivity contribution is -0.235. The predicted molar refractivity (Wildman–Crippen MR) is 238 cm³/mol. The second-order valence-electron chi connectivity index (χ2n) is 15.9. The summed E-state index contributed by atoms with van der Waals surface area (Å²) in [5.41, 5.74) is 8.35. The Hall–Kier alpha value is -7.44. The standard InChI is InChI=1S/C17H18N2O4.C14H16N2O2.C10H12O6.C7H10N2/c1-11-9-13(14-15(20)22-17(2,3)23-16(14)21)19(18-11)10-12-7-5-4-6-8-12;1-11-8-13(9-14(17)18-2)16(15-11)10-12-6-4-3-5-7-12;1-5(11)4-6(12)7-8(13)15-10(2,3)16-9(7)14;8-9-6-7-4-2-1-3-5-7/h4-9,14H,10H2,1-3H3;3-8H,9-10H2,1-2H3;12H,4H2,1-3H3;1-5,9H,6,8H2. The number of allylic oxidation sites excluding steroid dienone is 1. The summed E-state index contributed by atoms with van der Waals surface area (Å²) in [7, 11) is 1.40. The first-order valence-electron chi connectivity index (χ1n) is 20.7. The van der Waals surface area contributed by atoms with Crippen LogP contribution in [0.15, 0.2) is 114 Å². The Morgan fingerprint density at radius 2 is 1.15 bits per heavy atom. The Labute approximate surface area is 382 Å². The lowest BCUT2D eigenvalue weighted by atomic mass is 10.0. The topological polar surface area (TPSA) is 242 Å². The minimum Gasteiger partial charge on any atom is -0.511 e. The highest BCUT2D eigenvalue weighted by Gasteiger charge is 2.46. The minimum atomic E-state index is -1.35. The van der Waals surface area contributed by atoms with E-state index in [2.05, 4.69) is 20.4 Å². The maximum Gasteiger partial charge on any atom is 0.352 e. The van der Waals surface area contributed by atoms with Crippen molar-refractivity contribution >= 4 is 35.6 Å². The van der Waals surface area contributed by atoms with E-state index in [1.165, 1.54) is 47.3 Å². The van der Waals surface area contributed by atoms with Crippen molar-refractivity contribution in [1.82, 2.24) is 25.0 Å². The van der Waals surface area contributed by atoms with Crippen molar-refractivity contribution in [2.24, 2.45) is 5.84 Å². The van der Waals surface area contributed by atoms with E-state index in [4.69, 9.17) is 24.8 Å². The molecular weight excluding hydrogens is 853 g/mol. The largest absolute Gasteiger partial charge is 0.511 e. The fourth-order valence-electron chi connectivity index (χ4n) is 6.42. The van der Waals surface area contributed by atoms with Gasteiger partial charge in [-0.1, -0.05) is 91.0 Å². The first-order chi connectivity index (χ1) is 31.2. The summed E-state index contributed by atoms with van der Waals surface area (Å²) in [6.07, 6.45) is -0.149. The molecule has 0 saturated carbocycles. The van der Waals surface area contributed by atoms with Crippen LogP contribution >= 0.6 is 0 Å². The molecule has 66 heavy (non-hydrogen) atoms. The van der Waals surface area contributed by atoms with Gasteiger partial charge in [-0.05, 0) is 49.6 Å². The number of carbonyl (C=O) groups is 6. The van der Waals surface area contributed by atoms with E-state index in [0.29, 0.717) is 18.8 Å². The van der Waals surface area contributed by atoms with Gasteiger partial charge in [0.1, 0.15) is 11.5 Å². The van der Waals surface area contributed by atoms with Gasteiger partial charge in [-0.3, -0.25) is 39.8 Å². The van der Waals surface area contributed by atoms with Crippen molar-refractivity contribution in [1.29, 1.82) is 0 Å². The van der Waals surface area contributed by atoms with E-state index in [-0.39, 0.29) is 18.2 Å². The Bertz CT molecular complexity index is 2450. The van der Waals surface area contributed by atoms with Crippen molar-refractivity contribution in [2.45, 2.75) is 98.4 Å². The molecule has 18 heteroatoms. The Morgan fingerprint density at radius 1 is 0.712 bits per heavy atom. The van der Waals surface area contributed by atoms with Crippen LogP contribution in [0, 0.1) is 13.8 Å². The minimum absolute atomic E-state index is 0.246. The number of benzene rings is 3. The first-order valence-corrected chi connectivity index (χ1v) is 20.7. The summed E-state index contributed by atoms with van der Waals surface area (Å²) in [6, 6.07) is 33.4. The Morgan fingerprint density at radius 3 is 1.62 bits per heavy atom. The van der Waals surface area contributed by atoms with Crippen LogP contribution in [0.1, 0.15) is 86.4 Å². The number of hydrazine groups is 1. The van der Waals surface area contributed by atoms with Gasteiger partial charge in [-0.2, -0.15) is 10.2 Å². The third kappa shape index (κ3) is 15.7. The van der Waals surface area contributed by atoms with Gasteiger partial charge in [0, 0.05) is 34.2 Å². The highest BCUT2D eigenvalue weighted by molar-refractivity contribution is 6.16. The van der Waals surface area contributed by atoms with Gasteiger partial charge in [-0.25, -0.2) is 9.59 Å². The SMILES string of the molecule is CC(=O)CC(O)=C1C(=O)OC(C)(C)OC1=O.COC(=O)Cc1cc(C)nn1Cc1ccccc1.Cc1cc(C2C(=O)OC(C)(C)OC2=O)n(Cc2ccccc2)n1.NNCc1ccccc1. The molecule has 2 fully saturated rings. The summed E-state index contributed by atoms with van der Waals surface area (Å²) in [6.45, 7) is 12.7. The number of hydrogen-bond acceptors (Lipinski definition) is 16. The fraction of sp³-hybridized carbons (Fsp3) is 0.333. The molecule has 4 N–H and O–H groups in total. The molecule has 0 amide bonds. The summed E-state index contributed by atoms with van der Waals surface area (Å²) < 4.78 is 28.1. The first kappa shape index (κ1) is 51.2. The van der Waals surface area contributed by atoms with Crippen LogP contribution in [0.4, 0.5) is 0 Å². The molecule has 3 aromatic carbocycles. The van der Waals surface area contributed by atoms with Crippen molar-refractivity contribution in [3.63, 3.8) is 0 Å². The fourth-order valence-corrected chi connectivity index (χ4v) is 6.42. The number of Topliss-reactive ketones (excluding diaryl/α,β-unsaturated/α-hetero) is 1. The molecule has 18 nitrogen and oxygen atoms in total. The van der Waals surface area contributed by atoms with Gasteiger partial charge in [0.25, 0.3) is 11.6 Å². The number of methoxy groups -OCH3 is 1. The van der Waals surface area contributed by atoms with Gasteiger partial charge in [0.15, 0.2) is 11.5 Å². The van der Waals surface area contributed by atoms with Crippen LogP contribution < -0.4 is 11.3 Å². The number of esters is 5. The number of ketones is 1. The van der Waals surface area contributed by atoms with E-state index < -0.39 is 59.1 Å². The number of aliphatic hydroxyl groups excluding tert-OH is 1. The molecule has 7 rings (SSSR count). The third-order valence-corrected chi connectivity index (χ3v) is 9.22. The second kappa shape index (κ2) is 23.5. The van der Waals surface area contributed by atoms with Crippen LogP contribution in [0.5, 0.6) is 0 Å². The van der Waals surface area contributed by atoms with E-state index in [1.54, 1.807) is 10.7 Å². The number of aromatic nitrogens is 4. The van der Waals surface area contributed by atoms with Gasteiger partial charge < -0.3 is 28.8 Å². The summed E-state index contributed by atoms with van der Waals surface area (Å²) >= 11 is 0. The zero-order chi connectivity index (χ0) is 48.6. The van der Waals surface area contributed by atoms with Crippen molar-refractivity contribution in [2.75, 3.05) is 7.11 Å². The van der Waals surface area contributed by atoms with E-state index >= 15 is 0 Å². The molecule has 0 bridgehead atoms. The number of cyclic esters (lactones) is 4. The highest BCUT2D eigenvalue weighted by atomic mass is 16.8. The smallest absolute Gasteiger partial charge is 0.352 e. The van der Waals surface area contributed by atoms with Gasteiger partial charge in [-0.15, -0.1) is 0 Å². The zero-order valence-electron chi connectivity index (χ0n) is 38.2. The molecule has 0 unspecified atom stereocenters. The van der Waals surface area contributed by atoms with Gasteiger partial charge in [0.2, 0.25) is 0 Å². The lowest BCUT2D eigenvalue weighted by Gasteiger charge is -2.32. The highest BCUT2D eigenvalue weighted by Crippen LogP contribution is 2.31. The number of ether oxygens (including phenoxy) is 5. The van der Waals surface area contributed by atoms with Crippen LogP contribution in [0.3, 0.4) is 0 Å². The quantitative estimate of drug-likeness (QED) is 0.0220. The van der Waals surface area contributed by atoms with Crippen LogP contribution in [0.25, 0.3) is 0 Å². The molecule has 0 atom stereocenters. The van der Waals surface area contributed by atoms with Crippen LogP contribution in [-0.2, 0) is 78.5 Å². The van der Waals surface area contributed by atoms with E-state index in [1.807, 2.05) is 116 Å². The molecule has 2 aromatic heterocycles. The number of nitrogens with one attached hydrogen (secondary N) is 1. The number of rotatable bonds is 11. The van der Waals surface area contributed by atoms with Crippen molar-refractivity contribution in [3.8, 4) is 0 Å². The summed E-state index contributed by atoms with van der Waals surface area (Å²) in [5.74, 6) is -3.02. The molecule has 0 aliphatic carbocycles. The number of aryl methyl sites for hydroxylation is 2. The number of aliphatic hydroxyl groups is 1. The molecule has 0 radical (unpaired) electrons. The van der Waals surface area contributed by atoms with E-state index in [0.717, 1.165) is 34.8 Å². The molecule has 0 spiro atoms. The molecular formula is C48H56N6O12. The number of hydrogen-bond donors (Lipinski definition) is 3. The van der Waals surface area contributed by atoms with Crippen molar-refractivity contribution in [3.05, 3.63) is 154 Å². The maximum atomic E-state index is 12.3. The molecule has 2 saturated heterocycles. The number of carbonyl (C=O) groups excluding carboxylic acids is 6. The average molecular weight is 909 g/mol. The van der Waals surface area contributed by atoms with Gasteiger partial charge in [0.05, 0.1) is 55.8 Å². The third-order valence-electron chi connectivity index (χ3n) is 9.22. The van der Waals surface area contributed by atoms with Crippen LogP contribution in [-0.4, -0.2) is 79.0 Å². The molecule has 2 aliphatic rings. The summed E-state index contributed by atoms with van der Waals surface area (Å²) in [4.78, 5) is 69.4. The Balaban J connectivity index is 0.000000201. The molecule has 5 aromatic rings. The zero-order valence-corrected chi connectivity index (χ0v) is 38.2. The van der Waals surface area contributed by atoms with E-state index in [9.17, 15) is 33.9 Å².